The average Bonchev–Trinajstić information content (AvgIpc) is 2.51. The Morgan fingerprint density at radius 1 is 1.14 bits per heavy atom. The van der Waals surface area contributed by atoms with Gasteiger partial charge < -0.3 is 9.47 Å². The van der Waals surface area contributed by atoms with Crippen LogP contribution in [0.3, 0.4) is 0 Å². The number of hydrogen-bond donors (Lipinski definition) is 0. The Bertz CT molecular complexity index is 696. The molecule has 0 N–H and O–H groups in total. The molecule has 112 valence electrons. The second-order valence-electron chi connectivity index (χ2n) is 4.33. The fourth-order valence-corrected chi connectivity index (χ4v) is 2.58. The molecule has 2 rings (SSSR count). The number of ether oxygens (including phenoxy) is 2. The first-order valence-corrected chi connectivity index (χ1v) is 7.58. The van der Waals surface area contributed by atoms with Crippen molar-refractivity contribution in [1.29, 1.82) is 0 Å². The van der Waals surface area contributed by atoms with Crippen molar-refractivity contribution in [1.82, 2.24) is 0 Å². The molecule has 0 unspecified atom stereocenters. The van der Waals surface area contributed by atoms with E-state index in [0.29, 0.717) is 12.4 Å². The third-order valence-corrected chi connectivity index (χ3v) is 3.71. The van der Waals surface area contributed by atoms with Crippen molar-refractivity contribution in [3.8, 4) is 23.3 Å². The molecule has 2 aromatic carbocycles. The van der Waals surface area contributed by atoms with E-state index in [9.17, 15) is 4.79 Å². The average molecular weight is 312 g/mol. The Hall–Kier alpha value is -2.38. The van der Waals surface area contributed by atoms with E-state index in [1.54, 1.807) is 13.0 Å². The van der Waals surface area contributed by atoms with E-state index in [0.717, 1.165) is 15.5 Å². The Balaban J connectivity index is 2.07. The molecule has 0 aliphatic carbocycles. The first-order chi connectivity index (χ1) is 10.7. The maximum absolute atomic E-state index is 11.1. The quantitative estimate of drug-likeness (QED) is 0.472. The molecule has 0 saturated heterocycles. The minimum absolute atomic E-state index is 0.325. The highest BCUT2D eigenvalue weighted by Crippen LogP contribution is 2.35. The highest BCUT2D eigenvalue weighted by Gasteiger charge is 2.07. The van der Waals surface area contributed by atoms with E-state index in [4.69, 9.17) is 9.47 Å². The molecular formula is C18H16O3S. The Morgan fingerprint density at radius 3 is 2.55 bits per heavy atom. The fraction of sp³-hybridized carbons (Fsp3) is 0.167. The maximum Gasteiger partial charge on any atom is 0.308 e. The van der Waals surface area contributed by atoms with Crippen molar-refractivity contribution >= 4 is 17.7 Å². The molecule has 0 aliphatic rings. The van der Waals surface area contributed by atoms with Gasteiger partial charge in [0.2, 0.25) is 0 Å². The van der Waals surface area contributed by atoms with Gasteiger partial charge in [-0.25, -0.2) is 0 Å². The zero-order chi connectivity index (χ0) is 15.8. The molecule has 22 heavy (non-hydrogen) atoms. The lowest BCUT2D eigenvalue weighted by Crippen LogP contribution is -2.02. The topological polar surface area (TPSA) is 35.5 Å². The van der Waals surface area contributed by atoms with Crippen molar-refractivity contribution in [2.75, 3.05) is 6.61 Å². The summed E-state index contributed by atoms with van der Waals surface area (Å²) in [7, 11) is 0. The van der Waals surface area contributed by atoms with Gasteiger partial charge in [0.05, 0.1) is 4.90 Å². The number of carbonyl (C=O) groups is 1. The predicted octanol–water partition coefficient (Wildman–Crippen LogP) is 4.17. The van der Waals surface area contributed by atoms with Gasteiger partial charge in [0.15, 0.2) is 0 Å². The van der Waals surface area contributed by atoms with Gasteiger partial charge in [-0.15, -0.1) is 5.92 Å². The van der Waals surface area contributed by atoms with E-state index < -0.39 is 0 Å². The summed E-state index contributed by atoms with van der Waals surface area (Å²) in [6.07, 6.45) is 0. The van der Waals surface area contributed by atoms with Crippen molar-refractivity contribution in [2.24, 2.45) is 0 Å². The number of benzene rings is 2. The van der Waals surface area contributed by atoms with Gasteiger partial charge in [0, 0.05) is 11.8 Å². The molecule has 3 nitrogen and oxygen atoms in total. The number of esters is 1. The van der Waals surface area contributed by atoms with E-state index in [-0.39, 0.29) is 5.97 Å². The number of rotatable bonds is 5. The number of carbonyl (C=O) groups excluding carboxylic acids is 1. The minimum atomic E-state index is -0.325. The molecular weight excluding hydrogens is 296 g/mol. The monoisotopic (exact) mass is 312 g/mol. The summed E-state index contributed by atoms with van der Waals surface area (Å²) in [4.78, 5) is 13.1. The highest BCUT2D eigenvalue weighted by molar-refractivity contribution is 7.99. The third kappa shape index (κ3) is 4.87. The smallest absolute Gasteiger partial charge is 0.308 e. The van der Waals surface area contributed by atoms with Crippen molar-refractivity contribution < 1.29 is 14.3 Å². The summed E-state index contributed by atoms with van der Waals surface area (Å²) in [5.41, 5.74) is 0. The van der Waals surface area contributed by atoms with Crippen molar-refractivity contribution in [2.45, 2.75) is 23.6 Å². The molecule has 0 aromatic heterocycles. The summed E-state index contributed by atoms with van der Waals surface area (Å²) in [6, 6.07) is 15.2. The molecule has 0 bridgehead atoms. The zero-order valence-corrected chi connectivity index (χ0v) is 13.3. The van der Waals surface area contributed by atoms with E-state index in [2.05, 4.69) is 11.8 Å². The Morgan fingerprint density at radius 2 is 1.86 bits per heavy atom. The van der Waals surface area contributed by atoms with Crippen LogP contribution in [-0.4, -0.2) is 12.6 Å². The summed E-state index contributed by atoms with van der Waals surface area (Å²) in [5, 5.41) is 0. The lowest BCUT2D eigenvalue weighted by Gasteiger charge is -2.09. The van der Waals surface area contributed by atoms with Gasteiger partial charge >= 0.3 is 5.97 Å². The summed E-state index contributed by atoms with van der Waals surface area (Å²) in [6.45, 7) is 3.56. The molecule has 4 heteroatoms. The Labute approximate surface area is 134 Å². The van der Waals surface area contributed by atoms with Crippen LogP contribution in [0.25, 0.3) is 0 Å². The first kappa shape index (κ1) is 16.0. The first-order valence-electron chi connectivity index (χ1n) is 6.77. The number of para-hydroxylation sites is 1. The number of hydrogen-bond acceptors (Lipinski definition) is 4. The highest BCUT2D eigenvalue weighted by atomic mass is 32.2. The maximum atomic E-state index is 11.1. The summed E-state index contributed by atoms with van der Waals surface area (Å²) in [5.74, 6) is 6.66. The van der Waals surface area contributed by atoms with Crippen LogP contribution < -0.4 is 9.47 Å². The molecule has 0 saturated carbocycles. The van der Waals surface area contributed by atoms with Crippen LogP contribution in [0, 0.1) is 11.8 Å². The molecule has 0 spiro atoms. The van der Waals surface area contributed by atoms with Crippen LogP contribution in [0.5, 0.6) is 11.5 Å². The predicted molar refractivity (Wildman–Crippen MR) is 87.3 cm³/mol. The van der Waals surface area contributed by atoms with Gasteiger partial charge in [0.1, 0.15) is 18.1 Å². The molecule has 0 amide bonds. The van der Waals surface area contributed by atoms with Gasteiger partial charge in [-0.3, -0.25) is 4.79 Å². The molecule has 0 atom stereocenters. The molecule has 0 heterocycles. The van der Waals surface area contributed by atoms with Crippen molar-refractivity contribution in [3.05, 3.63) is 48.5 Å². The SMILES string of the molecule is CC#CCOc1ccc(Sc2ccccc2OC(C)=O)cc1. The zero-order valence-electron chi connectivity index (χ0n) is 12.5. The summed E-state index contributed by atoms with van der Waals surface area (Å²) >= 11 is 1.53. The van der Waals surface area contributed by atoms with Crippen LogP contribution >= 0.6 is 11.8 Å². The largest absolute Gasteiger partial charge is 0.481 e. The molecule has 2 aromatic rings. The van der Waals surface area contributed by atoms with Crippen molar-refractivity contribution in [3.63, 3.8) is 0 Å². The lowest BCUT2D eigenvalue weighted by atomic mass is 10.3. The van der Waals surface area contributed by atoms with Crippen LogP contribution in [-0.2, 0) is 4.79 Å². The standard InChI is InChI=1S/C18H16O3S/c1-3-4-13-20-15-9-11-16(12-10-15)22-18-8-6-5-7-17(18)21-14(2)19/h5-12H,13H2,1-2H3. The normalized spacial score (nSPS) is 9.55. The minimum Gasteiger partial charge on any atom is -0.481 e. The van der Waals surface area contributed by atoms with Crippen LogP contribution in [0.15, 0.2) is 58.3 Å². The fourth-order valence-electron chi connectivity index (χ4n) is 1.70. The van der Waals surface area contributed by atoms with Crippen LogP contribution in [0.2, 0.25) is 0 Å². The summed E-state index contributed by atoms with van der Waals surface area (Å²) < 4.78 is 10.7. The molecule has 0 radical (unpaired) electrons. The van der Waals surface area contributed by atoms with Gasteiger partial charge in [-0.1, -0.05) is 29.8 Å². The van der Waals surface area contributed by atoms with E-state index in [1.807, 2.05) is 42.5 Å². The second kappa shape index (κ2) is 8.16. The molecule has 0 fully saturated rings. The third-order valence-electron chi connectivity index (χ3n) is 2.64. The van der Waals surface area contributed by atoms with Crippen LogP contribution in [0.4, 0.5) is 0 Å². The van der Waals surface area contributed by atoms with Gasteiger partial charge in [-0.2, -0.15) is 0 Å². The molecule has 0 aliphatic heterocycles. The second-order valence-corrected chi connectivity index (χ2v) is 5.44. The Kier molecular flexibility index (Phi) is 5.93. The van der Waals surface area contributed by atoms with Gasteiger partial charge in [0.25, 0.3) is 0 Å². The lowest BCUT2D eigenvalue weighted by molar-refractivity contribution is -0.132. The van der Waals surface area contributed by atoms with Gasteiger partial charge in [-0.05, 0) is 43.3 Å². The van der Waals surface area contributed by atoms with Crippen LogP contribution in [0.1, 0.15) is 13.8 Å². The van der Waals surface area contributed by atoms with E-state index in [1.165, 1.54) is 18.7 Å². The van der Waals surface area contributed by atoms with E-state index >= 15 is 0 Å².